The molecular weight excluding hydrogens is 576 g/mol. The van der Waals surface area contributed by atoms with Crippen molar-refractivity contribution in [2.24, 2.45) is 0 Å². The Labute approximate surface area is 279 Å². The molecule has 0 unspecified atom stereocenters. The van der Waals surface area contributed by atoms with Gasteiger partial charge in [0.05, 0.1) is 49.8 Å². The van der Waals surface area contributed by atoms with Gasteiger partial charge in [-0.25, -0.2) is 0 Å². The van der Waals surface area contributed by atoms with Gasteiger partial charge in [0.25, 0.3) is 0 Å². The van der Waals surface area contributed by atoms with E-state index in [-0.39, 0.29) is 24.4 Å². The second-order valence-electron chi connectivity index (χ2n) is 13.6. The Morgan fingerprint density at radius 1 is 0.565 bits per heavy atom. The predicted molar refractivity (Wildman–Crippen MR) is 186 cm³/mol. The van der Waals surface area contributed by atoms with Gasteiger partial charge in [-0.15, -0.1) is 0 Å². The summed E-state index contributed by atoms with van der Waals surface area (Å²) in [6.07, 6.45) is 17.2. The summed E-state index contributed by atoms with van der Waals surface area (Å²) in [6, 6.07) is 17.0. The first-order valence-corrected chi connectivity index (χ1v) is 18.7. The molecule has 0 aliphatic carbocycles. The lowest BCUT2D eigenvalue weighted by atomic mass is 10.0. The average molecular weight is 639 g/mol. The minimum atomic E-state index is -0.432. The largest absolute Gasteiger partial charge is 0.494 e. The van der Waals surface area contributed by atoms with Gasteiger partial charge in [-0.2, -0.15) is 0 Å². The molecule has 4 rings (SSSR count). The number of unbranched alkanes of at least 4 members (excludes halogenated alkanes) is 6. The second kappa shape index (κ2) is 21.0. The number of ether oxygens (including phenoxy) is 4. The molecule has 0 radical (unpaired) electrons. The smallest absolute Gasteiger partial charge is 0.119 e. The molecule has 0 bridgehead atoms. The minimum Gasteiger partial charge on any atom is -0.494 e. The van der Waals surface area contributed by atoms with Crippen LogP contribution in [0.25, 0.3) is 0 Å². The van der Waals surface area contributed by atoms with E-state index in [0.717, 1.165) is 101 Å². The first-order chi connectivity index (χ1) is 22.6. The molecule has 6 atom stereocenters. The molecule has 0 spiro atoms. The molecule has 2 saturated heterocycles. The van der Waals surface area contributed by atoms with E-state index >= 15 is 0 Å². The van der Waals surface area contributed by atoms with Crippen molar-refractivity contribution < 1.29 is 29.2 Å². The van der Waals surface area contributed by atoms with Crippen LogP contribution in [0.1, 0.15) is 128 Å². The van der Waals surface area contributed by atoms with Crippen molar-refractivity contribution in [3.8, 4) is 11.5 Å². The third-order valence-corrected chi connectivity index (χ3v) is 9.75. The average Bonchev–Trinajstić information content (AvgIpc) is 3.78. The minimum absolute atomic E-state index is 0.0245. The highest BCUT2D eigenvalue weighted by atomic mass is 16.6. The van der Waals surface area contributed by atoms with Gasteiger partial charge in [0.15, 0.2) is 0 Å². The zero-order valence-corrected chi connectivity index (χ0v) is 28.8. The second-order valence-corrected chi connectivity index (χ2v) is 13.6. The molecule has 2 aromatic rings. The summed E-state index contributed by atoms with van der Waals surface area (Å²) in [7, 11) is 0. The van der Waals surface area contributed by atoms with Gasteiger partial charge in [0, 0.05) is 0 Å². The fourth-order valence-corrected chi connectivity index (χ4v) is 6.77. The van der Waals surface area contributed by atoms with Gasteiger partial charge in [0.2, 0.25) is 0 Å². The van der Waals surface area contributed by atoms with Crippen LogP contribution in [0.5, 0.6) is 11.5 Å². The van der Waals surface area contributed by atoms with Crippen LogP contribution in [0, 0.1) is 0 Å². The normalized spacial score (nSPS) is 22.6. The van der Waals surface area contributed by atoms with Gasteiger partial charge in [0.1, 0.15) is 11.5 Å². The summed E-state index contributed by atoms with van der Waals surface area (Å²) in [4.78, 5) is 0. The van der Waals surface area contributed by atoms with Gasteiger partial charge in [-0.1, -0.05) is 63.8 Å². The number of benzene rings is 2. The van der Waals surface area contributed by atoms with Crippen LogP contribution >= 0.6 is 0 Å². The van der Waals surface area contributed by atoms with E-state index in [2.05, 4.69) is 62.4 Å². The van der Waals surface area contributed by atoms with Crippen LogP contribution < -0.4 is 9.47 Å². The molecule has 46 heavy (non-hydrogen) atoms. The summed E-state index contributed by atoms with van der Waals surface area (Å²) < 4.78 is 24.4. The lowest BCUT2D eigenvalue weighted by Gasteiger charge is -2.24. The van der Waals surface area contributed by atoms with E-state index in [4.69, 9.17) is 18.9 Å². The number of aryl methyl sites for hydroxylation is 2. The standard InChI is InChI=1S/C40H62O6/c1-3-5-13-31-17-21-33(22-18-31)43-29-11-7-9-15-35(41)37-25-27-39(45-37)40-28-26-38(46-40)36(42)16-10-8-12-30-44-34-23-19-32(20-24-34)14-6-4-2/h17-24,35-42H,3-16,25-30H2,1-2H3/t35-,36+,37+,38-,39-,40+. The highest BCUT2D eigenvalue weighted by Gasteiger charge is 2.40. The van der Waals surface area contributed by atoms with Crippen molar-refractivity contribution in [2.45, 2.75) is 166 Å². The maximum absolute atomic E-state index is 10.8. The maximum atomic E-state index is 10.8. The SMILES string of the molecule is CCCCc1ccc(OCCCCC[C@@H](O)[C@@H]2CC[C@H]([C@@H]3CC[C@H]([C@@H](O)CCCCCOc4ccc(CCCC)cc4)O3)O2)cc1. The van der Waals surface area contributed by atoms with Gasteiger partial charge < -0.3 is 29.2 Å². The van der Waals surface area contributed by atoms with Gasteiger partial charge in [-0.05, 0) is 125 Å². The lowest BCUT2D eigenvalue weighted by Crippen LogP contribution is -2.33. The van der Waals surface area contributed by atoms with Crippen LogP contribution in [0.15, 0.2) is 48.5 Å². The van der Waals surface area contributed by atoms with Crippen LogP contribution in [0.2, 0.25) is 0 Å². The van der Waals surface area contributed by atoms with Crippen molar-refractivity contribution in [2.75, 3.05) is 13.2 Å². The van der Waals surface area contributed by atoms with Crippen molar-refractivity contribution in [1.82, 2.24) is 0 Å². The third kappa shape index (κ3) is 12.8. The van der Waals surface area contributed by atoms with Crippen LogP contribution in [-0.2, 0) is 22.3 Å². The van der Waals surface area contributed by atoms with E-state index in [1.54, 1.807) is 0 Å². The molecule has 0 aromatic heterocycles. The van der Waals surface area contributed by atoms with Crippen LogP contribution in [-0.4, -0.2) is 60.1 Å². The highest BCUT2D eigenvalue weighted by molar-refractivity contribution is 5.28. The number of aliphatic hydroxyl groups excluding tert-OH is 2. The molecule has 2 N–H and O–H groups in total. The van der Waals surface area contributed by atoms with Crippen LogP contribution in [0.4, 0.5) is 0 Å². The number of aliphatic hydroxyl groups is 2. The fourth-order valence-electron chi connectivity index (χ4n) is 6.77. The van der Waals surface area contributed by atoms with E-state index in [1.807, 2.05) is 0 Å². The Hall–Kier alpha value is -2.12. The van der Waals surface area contributed by atoms with E-state index in [0.29, 0.717) is 13.2 Å². The molecule has 258 valence electrons. The van der Waals surface area contributed by atoms with Crippen LogP contribution in [0.3, 0.4) is 0 Å². The molecule has 2 aliphatic heterocycles. The van der Waals surface area contributed by atoms with Crippen molar-refractivity contribution in [3.63, 3.8) is 0 Å². The Bertz CT molecular complexity index is 971. The summed E-state index contributed by atoms with van der Waals surface area (Å²) in [5.74, 6) is 1.88. The molecular formula is C40H62O6. The molecule has 0 amide bonds. The van der Waals surface area contributed by atoms with Gasteiger partial charge in [-0.3, -0.25) is 0 Å². The number of rotatable bonds is 23. The van der Waals surface area contributed by atoms with Crippen molar-refractivity contribution in [1.29, 1.82) is 0 Å². The van der Waals surface area contributed by atoms with Crippen molar-refractivity contribution >= 4 is 0 Å². The number of hydrogen-bond donors (Lipinski definition) is 2. The Balaban J connectivity index is 1.00. The van der Waals surface area contributed by atoms with E-state index in [9.17, 15) is 10.2 Å². The summed E-state index contributed by atoms with van der Waals surface area (Å²) in [6.45, 7) is 5.86. The molecule has 6 heteroatoms. The molecule has 6 nitrogen and oxygen atoms in total. The molecule has 2 fully saturated rings. The third-order valence-electron chi connectivity index (χ3n) is 9.75. The van der Waals surface area contributed by atoms with Crippen molar-refractivity contribution in [3.05, 3.63) is 59.7 Å². The zero-order chi connectivity index (χ0) is 32.4. The molecule has 2 aliphatic rings. The summed E-state index contributed by atoms with van der Waals surface area (Å²) in [5.41, 5.74) is 2.75. The molecule has 0 saturated carbocycles. The first-order valence-electron chi connectivity index (χ1n) is 18.7. The maximum Gasteiger partial charge on any atom is 0.119 e. The number of hydrogen-bond acceptors (Lipinski definition) is 6. The van der Waals surface area contributed by atoms with Gasteiger partial charge >= 0.3 is 0 Å². The summed E-state index contributed by atoms with van der Waals surface area (Å²) in [5, 5.41) is 21.6. The molecule has 2 aromatic carbocycles. The monoisotopic (exact) mass is 638 g/mol. The predicted octanol–water partition coefficient (Wildman–Crippen LogP) is 8.77. The first kappa shape index (κ1) is 36.7. The Morgan fingerprint density at radius 2 is 0.978 bits per heavy atom. The lowest BCUT2D eigenvalue weighted by molar-refractivity contribution is -0.110. The quantitative estimate of drug-likeness (QED) is 0.119. The van der Waals surface area contributed by atoms with E-state index < -0.39 is 12.2 Å². The Morgan fingerprint density at radius 3 is 1.37 bits per heavy atom. The highest BCUT2D eigenvalue weighted by Crippen LogP contribution is 2.34. The summed E-state index contributed by atoms with van der Waals surface area (Å²) >= 11 is 0. The van der Waals surface area contributed by atoms with E-state index in [1.165, 1.54) is 36.8 Å². The fraction of sp³-hybridized carbons (Fsp3) is 0.700. The molecule has 2 heterocycles. The Kier molecular flexibility index (Phi) is 16.7. The zero-order valence-electron chi connectivity index (χ0n) is 28.8. The topological polar surface area (TPSA) is 77.4 Å².